The Kier molecular flexibility index (Phi) is 4.79. The fourth-order valence-corrected chi connectivity index (χ4v) is 2.21. The van der Waals surface area contributed by atoms with Crippen LogP contribution in [0.3, 0.4) is 0 Å². The van der Waals surface area contributed by atoms with Crippen LogP contribution in [0.2, 0.25) is 0 Å². The average molecular weight is 251 g/mol. The van der Waals surface area contributed by atoms with Gasteiger partial charge in [-0.05, 0) is 13.0 Å². The van der Waals surface area contributed by atoms with Crippen LogP contribution in [0.4, 0.5) is 0 Å². The maximum absolute atomic E-state index is 11.8. The van der Waals surface area contributed by atoms with Gasteiger partial charge in [0.1, 0.15) is 13.2 Å². The zero-order valence-corrected chi connectivity index (χ0v) is 10.7. The Labute approximate surface area is 103 Å². The Balaban J connectivity index is 3.26. The maximum atomic E-state index is 11.8. The number of oxime groups is 1. The Hall–Kier alpha value is -1.74. The molecule has 0 spiro atoms. The molecule has 1 unspecified atom stereocenters. The molecule has 0 fully saturated rings. The zero-order chi connectivity index (χ0) is 12.8. The number of aryl methyl sites for hydroxylation is 1. The van der Waals surface area contributed by atoms with Crippen molar-refractivity contribution in [2.24, 2.45) is 5.16 Å². The first-order chi connectivity index (χ1) is 8.13. The fourth-order valence-electron chi connectivity index (χ4n) is 1.26. The van der Waals surface area contributed by atoms with Gasteiger partial charge in [0.2, 0.25) is 0 Å². The van der Waals surface area contributed by atoms with Gasteiger partial charge in [0.25, 0.3) is 0 Å². The molecule has 0 amide bonds. The number of rotatable bonds is 4. The number of hydrogen-bond acceptors (Lipinski definition) is 5. The van der Waals surface area contributed by atoms with E-state index in [1.165, 1.54) is 13.3 Å². The van der Waals surface area contributed by atoms with Crippen molar-refractivity contribution in [3.05, 3.63) is 23.5 Å². The predicted molar refractivity (Wildman–Crippen MR) is 65.1 cm³/mol. The maximum Gasteiger partial charge on any atom is 0.188 e. The number of aromatic nitrogens is 1. The van der Waals surface area contributed by atoms with E-state index in [2.05, 4.69) is 15.0 Å². The topological polar surface area (TPSA) is 75.3 Å². The highest BCUT2D eigenvalue weighted by Gasteiger charge is 2.11. The smallest absolute Gasteiger partial charge is 0.188 e. The van der Waals surface area contributed by atoms with Gasteiger partial charge in [-0.1, -0.05) is 12.1 Å². The van der Waals surface area contributed by atoms with Crippen LogP contribution < -0.4 is 0 Å². The van der Waals surface area contributed by atoms with E-state index in [4.69, 9.17) is 5.26 Å². The predicted octanol–water partition coefficient (Wildman–Crippen LogP) is 1.39. The highest BCUT2D eigenvalue weighted by atomic mass is 32.2. The van der Waals surface area contributed by atoms with E-state index in [1.54, 1.807) is 13.0 Å². The summed E-state index contributed by atoms with van der Waals surface area (Å²) in [5, 5.41) is 12.5. The molecule has 17 heavy (non-hydrogen) atoms. The van der Waals surface area contributed by atoms with Gasteiger partial charge in [-0.2, -0.15) is 5.26 Å². The number of nitrogens with zero attached hydrogens (tertiary/aromatic N) is 3. The largest absolute Gasteiger partial charge is 0.398 e. The molecule has 1 heterocycles. The second-order valence-electron chi connectivity index (χ2n) is 3.18. The summed E-state index contributed by atoms with van der Waals surface area (Å²) in [6.45, 7) is 3.61. The highest BCUT2D eigenvalue weighted by Crippen LogP contribution is 2.14. The van der Waals surface area contributed by atoms with Gasteiger partial charge in [0, 0.05) is 17.5 Å². The van der Waals surface area contributed by atoms with Gasteiger partial charge in [-0.25, -0.2) is 0 Å². The lowest BCUT2D eigenvalue weighted by Crippen LogP contribution is -2.05. The number of nitriles is 1. The van der Waals surface area contributed by atoms with Crippen LogP contribution in [0.1, 0.15) is 18.2 Å². The molecule has 0 aliphatic heterocycles. The molecule has 0 aliphatic rings. The number of pyridine rings is 1. The minimum absolute atomic E-state index is 0.120. The summed E-state index contributed by atoms with van der Waals surface area (Å²) in [5.41, 5.74) is 1.33. The average Bonchev–Trinajstić information content (AvgIpc) is 2.36. The van der Waals surface area contributed by atoms with E-state index in [9.17, 15) is 4.21 Å². The van der Waals surface area contributed by atoms with Crippen molar-refractivity contribution in [3.8, 4) is 6.07 Å². The minimum Gasteiger partial charge on any atom is -0.398 e. The first-order valence-electron chi connectivity index (χ1n) is 5.00. The molecule has 0 saturated heterocycles. The molecule has 0 saturated carbocycles. The molecule has 0 aliphatic carbocycles. The molecule has 6 heteroatoms. The molecule has 0 bridgehead atoms. The lowest BCUT2D eigenvalue weighted by atomic mass is 10.2. The molecule has 0 N–H and O–H groups in total. The van der Waals surface area contributed by atoms with Crippen LogP contribution in [-0.2, 0) is 15.6 Å². The van der Waals surface area contributed by atoms with Crippen LogP contribution >= 0.6 is 0 Å². The number of hydrogen-bond donors (Lipinski definition) is 0. The summed E-state index contributed by atoms with van der Waals surface area (Å²) < 4.78 is 11.8. The molecule has 5 nitrogen and oxygen atoms in total. The van der Waals surface area contributed by atoms with E-state index in [0.717, 1.165) is 0 Å². The second-order valence-corrected chi connectivity index (χ2v) is 4.88. The van der Waals surface area contributed by atoms with Crippen LogP contribution in [0.15, 0.2) is 22.3 Å². The van der Waals surface area contributed by atoms with Crippen molar-refractivity contribution in [1.82, 2.24) is 4.98 Å². The summed E-state index contributed by atoms with van der Waals surface area (Å²) in [7, 11) is 0.263. The third kappa shape index (κ3) is 3.11. The van der Waals surface area contributed by atoms with E-state index >= 15 is 0 Å². The summed E-state index contributed by atoms with van der Waals surface area (Å²) in [4.78, 5) is 9.32. The highest BCUT2D eigenvalue weighted by molar-refractivity contribution is 7.85. The van der Waals surface area contributed by atoms with Crippen molar-refractivity contribution in [2.75, 3.05) is 12.9 Å². The summed E-state index contributed by atoms with van der Waals surface area (Å²) in [5.74, 6) is 0.509. The Morgan fingerprint density at radius 3 is 2.94 bits per heavy atom. The van der Waals surface area contributed by atoms with Gasteiger partial charge in [-0.3, -0.25) is 9.19 Å². The summed E-state index contributed by atoms with van der Waals surface area (Å²) in [6, 6.07) is 3.58. The first kappa shape index (κ1) is 13.3. The monoisotopic (exact) mass is 251 g/mol. The Bertz CT molecular complexity index is 506. The minimum atomic E-state index is -1.10. The van der Waals surface area contributed by atoms with Crippen molar-refractivity contribution in [3.63, 3.8) is 0 Å². The molecule has 1 rings (SSSR count). The van der Waals surface area contributed by atoms with Crippen molar-refractivity contribution < 1.29 is 9.05 Å². The van der Waals surface area contributed by atoms with Gasteiger partial charge in [-0.15, -0.1) is 0 Å². The van der Waals surface area contributed by atoms with E-state index < -0.39 is 10.8 Å². The van der Waals surface area contributed by atoms with E-state index in [1.807, 2.05) is 13.0 Å². The quantitative estimate of drug-likeness (QED) is 0.598. The van der Waals surface area contributed by atoms with Crippen LogP contribution in [0.5, 0.6) is 0 Å². The Morgan fingerprint density at radius 1 is 1.71 bits per heavy atom. The van der Waals surface area contributed by atoms with Crippen LogP contribution in [0.25, 0.3) is 0 Å². The standard InChI is InChI=1S/C11H13N3O2S/c1-4-17(15)11-5-9(7-13-8(11)2)10(6-12)14-16-3/h5,7H,4H2,1-3H3/b14-10+. The Morgan fingerprint density at radius 2 is 2.41 bits per heavy atom. The lowest BCUT2D eigenvalue weighted by molar-refractivity contribution is 0.214. The van der Waals surface area contributed by atoms with Gasteiger partial charge in [0.05, 0.1) is 21.4 Å². The van der Waals surface area contributed by atoms with Crippen molar-refractivity contribution in [1.29, 1.82) is 5.26 Å². The van der Waals surface area contributed by atoms with E-state index in [-0.39, 0.29) is 5.71 Å². The van der Waals surface area contributed by atoms with E-state index in [0.29, 0.717) is 21.9 Å². The molecular weight excluding hydrogens is 238 g/mol. The summed E-state index contributed by atoms with van der Waals surface area (Å²) in [6.07, 6.45) is 1.52. The summed E-state index contributed by atoms with van der Waals surface area (Å²) >= 11 is 0. The molecule has 90 valence electrons. The first-order valence-corrected chi connectivity index (χ1v) is 6.32. The van der Waals surface area contributed by atoms with Gasteiger partial charge in [0.15, 0.2) is 5.71 Å². The lowest BCUT2D eigenvalue weighted by Gasteiger charge is -2.05. The van der Waals surface area contributed by atoms with Crippen molar-refractivity contribution in [2.45, 2.75) is 18.7 Å². The zero-order valence-electron chi connectivity index (χ0n) is 9.93. The molecule has 1 aromatic rings. The third-order valence-electron chi connectivity index (χ3n) is 2.11. The third-order valence-corrected chi connectivity index (χ3v) is 3.54. The normalized spacial score (nSPS) is 12.9. The molecule has 1 atom stereocenters. The molecule has 0 radical (unpaired) electrons. The van der Waals surface area contributed by atoms with Gasteiger partial charge >= 0.3 is 0 Å². The molecule has 1 aromatic heterocycles. The van der Waals surface area contributed by atoms with Crippen molar-refractivity contribution >= 4 is 16.5 Å². The SMILES string of the molecule is CCS(=O)c1cc(/C(C#N)=N/OC)cnc1C. The van der Waals surface area contributed by atoms with Crippen LogP contribution in [0, 0.1) is 18.3 Å². The second kappa shape index (κ2) is 6.11. The van der Waals surface area contributed by atoms with Gasteiger partial charge < -0.3 is 4.84 Å². The molecular formula is C11H13N3O2S. The van der Waals surface area contributed by atoms with Crippen LogP contribution in [-0.4, -0.2) is 27.8 Å². The fraction of sp³-hybridized carbons (Fsp3) is 0.364. The molecule has 0 aromatic carbocycles.